The number of likely N-dealkylation sites (tertiary alicyclic amines) is 1. The molecule has 1 heterocycles. The number of ether oxygens (including phenoxy) is 2. The number of aliphatic hydroxyl groups excluding tert-OH is 1. The third-order valence-corrected chi connectivity index (χ3v) is 4.94. The molecule has 1 aliphatic heterocycles. The van der Waals surface area contributed by atoms with Gasteiger partial charge in [-0.05, 0) is 62.4 Å². The van der Waals surface area contributed by atoms with Gasteiger partial charge in [-0.1, -0.05) is 13.0 Å². The van der Waals surface area contributed by atoms with Crippen molar-refractivity contribution in [2.24, 2.45) is 5.41 Å². The van der Waals surface area contributed by atoms with Crippen LogP contribution in [0.1, 0.15) is 38.7 Å². The van der Waals surface area contributed by atoms with Crippen molar-refractivity contribution in [3.63, 3.8) is 0 Å². The van der Waals surface area contributed by atoms with Gasteiger partial charge >= 0.3 is 0 Å². The van der Waals surface area contributed by atoms with Crippen LogP contribution in [0.4, 0.5) is 0 Å². The van der Waals surface area contributed by atoms with E-state index in [9.17, 15) is 5.11 Å². The fourth-order valence-corrected chi connectivity index (χ4v) is 3.15. The second-order valence-electron chi connectivity index (χ2n) is 6.21. The Kier molecular flexibility index (Phi) is 6.09. The van der Waals surface area contributed by atoms with Gasteiger partial charge in [0.05, 0.1) is 13.7 Å². The van der Waals surface area contributed by atoms with Gasteiger partial charge in [0.1, 0.15) is 0 Å². The lowest BCUT2D eigenvalue weighted by molar-refractivity contribution is 0.0382. The number of methoxy groups -OCH3 is 1. The predicted molar refractivity (Wildman–Crippen MR) is 88.5 cm³/mol. The molecule has 0 unspecified atom stereocenters. The Bertz CT molecular complexity index is 461. The van der Waals surface area contributed by atoms with Crippen LogP contribution >= 0.6 is 0 Å². The summed E-state index contributed by atoms with van der Waals surface area (Å²) in [4.78, 5) is 2.46. The summed E-state index contributed by atoms with van der Waals surface area (Å²) in [6.45, 7) is 8.13. The summed E-state index contributed by atoms with van der Waals surface area (Å²) in [6.07, 6.45) is 3.22. The van der Waals surface area contributed by atoms with E-state index >= 15 is 0 Å². The molecule has 0 saturated carbocycles. The van der Waals surface area contributed by atoms with Crippen molar-refractivity contribution in [1.82, 2.24) is 4.90 Å². The monoisotopic (exact) mass is 307 g/mol. The Labute approximate surface area is 134 Å². The SMILES string of the molecule is CCOc1ccc(CN2CCC(CC)(CO)CC2)cc1OC. The number of hydrogen-bond acceptors (Lipinski definition) is 4. The highest BCUT2D eigenvalue weighted by Crippen LogP contribution is 2.35. The zero-order valence-electron chi connectivity index (χ0n) is 14.1. The topological polar surface area (TPSA) is 41.9 Å². The molecule has 0 bridgehead atoms. The van der Waals surface area contributed by atoms with Crippen LogP contribution in [0.15, 0.2) is 18.2 Å². The summed E-state index contributed by atoms with van der Waals surface area (Å²) in [5.41, 5.74) is 1.39. The first kappa shape index (κ1) is 17.1. The maximum absolute atomic E-state index is 9.62. The third-order valence-electron chi connectivity index (χ3n) is 4.94. The van der Waals surface area contributed by atoms with Gasteiger partial charge in [-0.25, -0.2) is 0 Å². The van der Waals surface area contributed by atoms with Gasteiger partial charge in [-0.3, -0.25) is 4.90 Å². The predicted octanol–water partition coefficient (Wildman–Crippen LogP) is 3.08. The Morgan fingerprint density at radius 2 is 1.91 bits per heavy atom. The van der Waals surface area contributed by atoms with Gasteiger partial charge in [-0.2, -0.15) is 0 Å². The van der Waals surface area contributed by atoms with E-state index in [0.29, 0.717) is 13.2 Å². The van der Waals surface area contributed by atoms with Crippen molar-refractivity contribution in [2.75, 3.05) is 33.4 Å². The quantitative estimate of drug-likeness (QED) is 0.840. The first-order chi connectivity index (χ1) is 10.7. The zero-order valence-corrected chi connectivity index (χ0v) is 14.1. The fourth-order valence-electron chi connectivity index (χ4n) is 3.15. The van der Waals surface area contributed by atoms with E-state index in [1.807, 2.05) is 13.0 Å². The van der Waals surface area contributed by atoms with Crippen LogP contribution in [0.5, 0.6) is 11.5 Å². The Morgan fingerprint density at radius 3 is 2.45 bits per heavy atom. The highest BCUT2D eigenvalue weighted by molar-refractivity contribution is 5.42. The molecule has 0 amide bonds. The second kappa shape index (κ2) is 7.84. The maximum atomic E-state index is 9.62. The molecule has 0 aromatic heterocycles. The summed E-state index contributed by atoms with van der Waals surface area (Å²) >= 11 is 0. The first-order valence-electron chi connectivity index (χ1n) is 8.29. The van der Waals surface area contributed by atoms with Gasteiger partial charge in [-0.15, -0.1) is 0 Å². The van der Waals surface area contributed by atoms with Crippen molar-refractivity contribution >= 4 is 0 Å². The highest BCUT2D eigenvalue weighted by atomic mass is 16.5. The van der Waals surface area contributed by atoms with Crippen molar-refractivity contribution in [2.45, 2.75) is 39.7 Å². The standard InChI is InChI=1S/C18H29NO3/c1-4-18(14-20)8-10-19(11-9-18)13-15-6-7-16(22-5-2)17(12-15)21-3/h6-7,12,20H,4-5,8-11,13-14H2,1-3H3. The molecule has 4 heteroatoms. The average Bonchev–Trinajstić information content (AvgIpc) is 2.57. The highest BCUT2D eigenvalue weighted by Gasteiger charge is 2.32. The van der Waals surface area contributed by atoms with E-state index in [4.69, 9.17) is 9.47 Å². The molecule has 1 aliphatic rings. The van der Waals surface area contributed by atoms with Gasteiger partial charge in [0.15, 0.2) is 11.5 Å². The molecule has 0 aliphatic carbocycles. The van der Waals surface area contributed by atoms with Crippen LogP contribution in [0.2, 0.25) is 0 Å². The average molecular weight is 307 g/mol. The van der Waals surface area contributed by atoms with E-state index in [1.54, 1.807) is 7.11 Å². The van der Waals surface area contributed by atoms with E-state index in [0.717, 1.165) is 50.4 Å². The summed E-state index contributed by atoms with van der Waals surface area (Å²) in [7, 11) is 1.68. The number of benzene rings is 1. The summed E-state index contributed by atoms with van der Waals surface area (Å²) in [6, 6.07) is 6.17. The molecular weight excluding hydrogens is 278 g/mol. The summed E-state index contributed by atoms with van der Waals surface area (Å²) in [5, 5.41) is 9.62. The van der Waals surface area contributed by atoms with Crippen molar-refractivity contribution in [3.8, 4) is 11.5 Å². The van der Waals surface area contributed by atoms with Crippen molar-refractivity contribution < 1.29 is 14.6 Å². The number of piperidine rings is 1. The number of nitrogens with zero attached hydrogens (tertiary/aromatic N) is 1. The number of aliphatic hydroxyl groups is 1. The number of rotatable bonds is 7. The minimum absolute atomic E-state index is 0.146. The molecular formula is C18H29NO3. The molecule has 1 saturated heterocycles. The summed E-state index contributed by atoms with van der Waals surface area (Å²) in [5.74, 6) is 1.60. The fraction of sp³-hybridized carbons (Fsp3) is 0.667. The Hall–Kier alpha value is -1.26. The molecule has 4 nitrogen and oxygen atoms in total. The second-order valence-corrected chi connectivity index (χ2v) is 6.21. The van der Waals surface area contributed by atoms with Gasteiger partial charge in [0.25, 0.3) is 0 Å². The van der Waals surface area contributed by atoms with E-state index in [-0.39, 0.29) is 5.41 Å². The molecule has 0 atom stereocenters. The summed E-state index contributed by atoms with van der Waals surface area (Å²) < 4.78 is 11.0. The first-order valence-corrected chi connectivity index (χ1v) is 8.29. The normalized spacial score (nSPS) is 18.2. The van der Waals surface area contributed by atoms with Crippen LogP contribution in [0, 0.1) is 5.41 Å². The lowest BCUT2D eigenvalue weighted by Crippen LogP contribution is -2.41. The zero-order chi connectivity index (χ0) is 16.0. The molecule has 0 spiro atoms. The molecule has 1 fully saturated rings. The van der Waals surface area contributed by atoms with Crippen molar-refractivity contribution in [1.29, 1.82) is 0 Å². The smallest absolute Gasteiger partial charge is 0.161 e. The van der Waals surface area contributed by atoms with Crippen LogP contribution in [0.3, 0.4) is 0 Å². The third kappa shape index (κ3) is 3.93. The molecule has 1 aromatic carbocycles. The molecule has 124 valence electrons. The Morgan fingerprint density at radius 1 is 1.18 bits per heavy atom. The van der Waals surface area contributed by atoms with Crippen LogP contribution < -0.4 is 9.47 Å². The van der Waals surface area contributed by atoms with E-state index in [1.165, 1.54) is 5.56 Å². The van der Waals surface area contributed by atoms with Gasteiger partial charge in [0, 0.05) is 13.2 Å². The van der Waals surface area contributed by atoms with E-state index in [2.05, 4.69) is 24.0 Å². The van der Waals surface area contributed by atoms with Crippen LogP contribution in [0.25, 0.3) is 0 Å². The molecule has 1 N–H and O–H groups in total. The lowest BCUT2D eigenvalue weighted by atomic mass is 9.77. The van der Waals surface area contributed by atoms with Gasteiger partial charge in [0.2, 0.25) is 0 Å². The van der Waals surface area contributed by atoms with Crippen LogP contribution in [-0.2, 0) is 6.54 Å². The Balaban J connectivity index is 1.97. The number of hydrogen-bond donors (Lipinski definition) is 1. The van der Waals surface area contributed by atoms with E-state index < -0.39 is 0 Å². The largest absolute Gasteiger partial charge is 0.493 e. The molecule has 1 aromatic rings. The van der Waals surface area contributed by atoms with Gasteiger partial charge < -0.3 is 14.6 Å². The van der Waals surface area contributed by atoms with Crippen LogP contribution in [-0.4, -0.2) is 43.4 Å². The lowest BCUT2D eigenvalue weighted by Gasteiger charge is -2.40. The minimum Gasteiger partial charge on any atom is -0.493 e. The maximum Gasteiger partial charge on any atom is 0.161 e. The molecule has 22 heavy (non-hydrogen) atoms. The van der Waals surface area contributed by atoms with Crippen molar-refractivity contribution in [3.05, 3.63) is 23.8 Å². The minimum atomic E-state index is 0.146. The molecule has 0 radical (unpaired) electrons. The molecule has 2 rings (SSSR count).